The molecule has 212 valence electrons. The zero-order valence-electron chi connectivity index (χ0n) is 21.9. The number of nitrogens with two attached hydrogens (primary N) is 1. The number of aliphatic hydroxyl groups is 1. The normalized spacial score (nSPS) is 11.8. The fourth-order valence-electron chi connectivity index (χ4n) is 3.96. The third kappa shape index (κ3) is 9.18. The van der Waals surface area contributed by atoms with E-state index in [1.54, 1.807) is 12.1 Å². The Balaban J connectivity index is 0.00000267. The van der Waals surface area contributed by atoms with Gasteiger partial charge in [0.1, 0.15) is 18.1 Å². The third-order valence-electron chi connectivity index (χ3n) is 5.90. The van der Waals surface area contributed by atoms with Crippen LogP contribution in [-0.2, 0) is 26.8 Å². The van der Waals surface area contributed by atoms with Crippen LogP contribution in [0.2, 0.25) is 0 Å². The maximum absolute atomic E-state index is 11.6. The molecule has 0 radical (unpaired) electrons. The quantitative estimate of drug-likeness (QED) is 0.110. The molecule has 9 nitrogen and oxygen atoms in total. The molecule has 9 N–H and O–H groups in total. The molecule has 10 heteroatoms. The van der Waals surface area contributed by atoms with Crippen molar-refractivity contribution in [2.45, 2.75) is 31.9 Å². The summed E-state index contributed by atoms with van der Waals surface area (Å²) in [6.45, 7) is 5.34. The molecule has 39 heavy (non-hydrogen) atoms. The average Bonchev–Trinajstić information content (AvgIpc) is 2.87. The number of benzene rings is 3. The number of fused-ring (bicyclic) bond motifs is 1. The first-order valence-corrected chi connectivity index (χ1v) is 12.3. The van der Waals surface area contributed by atoms with Gasteiger partial charge in [-0.15, -0.1) is 0 Å². The van der Waals surface area contributed by atoms with E-state index in [-0.39, 0.29) is 42.7 Å². The first kappa shape index (κ1) is 32.0. The van der Waals surface area contributed by atoms with Gasteiger partial charge in [-0.2, -0.15) is 0 Å². The van der Waals surface area contributed by atoms with Crippen molar-refractivity contribution in [3.8, 4) is 11.5 Å². The molecule has 4 aromatic rings. The molecule has 3 aromatic carbocycles. The van der Waals surface area contributed by atoms with Crippen LogP contribution in [0.15, 0.2) is 77.6 Å². The maximum atomic E-state index is 11.6. The Bertz CT molecular complexity index is 1390. The van der Waals surface area contributed by atoms with Gasteiger partial charge in [-0.05, 0) is 86.5 Å². The molecule has 0 spiro atoms. The Kier molecular flexibility index (Phi) is 11.7. The van der Waals surface area contributed by atoms with Crippen molar-refractivity contribution in [3.63, 3.8) is 0 Å². The van der Waals surface area contributed by atoms with Gasteiger partial charge < -0.3 is 41.8 Å². The van der Waals surface area contributed by atoms with E-state index in [1.165, 1.54) is 17.7 Å². The number of nitrogens with one attached hydrogen (secondary N) is 3. The summed E-state index contributed by atoms with van der Waals surface area (Å²) in [7, 11) is 0. The number of H-pyrrole nitrogens is 1. The number of phenols is 1. The van der Waals surface area contributed by atoms with Crippen LogP contribution in [0.1, 0.15) is 31.1 Å². The van der Waals surface area contributed by atoms with E-state index in [2.05, 4.69) is 27.8 Å². The van der Waals surface area contributed by atoms with Gasteiger partial charge in [-0.3, -0.25) is 4.79 Å². The topological polar surface area (TPSA) is 164 Å². The number of hydrogen-bond acceptors (Lipinski definition) is 7. The number of aromatic nitrogens is 1. The van der Waals surface area contributed by atoms with Crippen LogP contribution in [0.4, 0.5) is 11.4 Å². The number of pyridine rings is 1. The number of phenolic OH excluding ortho intramolecular Hbond substituents is 1. The number of aromatic amines is 1. The van der Waals surface area contributed by atoms with E-state index in [0.717, 1.165) is 23.5 Å². The molecule has 0 aliphatic heterocycles. The standard InChI is InChI=1S/C29H34N4O4.H2O.Pd/c1-29(2,30)18-37-22-9-7-21(8-10-22)32-20-5-3-19(4-6-20)15-16-31-17-26(35)23-11-13-25(34)28-24(23)12-14-27(36)33-28;;/h3-14,26,31-32,34-35H,15-18,30H2,1-2H3,(H,33,36);1H2;/t26-;;/m0../s1. The molecule has 1 heterocycles. The summed E-state index contributed by atoms with van der Waals surface area (Å²) in [5.74, 6) is 0.762. The number of aliphatic hydroxyl groups excluding tert-OH is 1. The van der Waals surface area contributed by atoms with Crippen molar-refractivity contribution < 1.29 is 40.8 Å². The number of aromatic hydroxyl groups is 1. The largest absolute Gasteiger partial charge is 0.506 e. The first-order chi connectivity index (χ1) is 17.7. The SMILES string of the molecule is CC(C)(N)COc1ccc(Nc2ccc(CCNC[C@H](O)c3ccc(O)c4[nH]c(=O)ccc34)cc2)cc1.O.[Pd]. The smallest absolute Gasteiger partial charge is 0.248 e. The molecule has 0 saturated heterocycles. The van der Waals surface area contributed by atoms with E-state index >= 15 is 0 Å². The van der Waals surface area contributed by atoms with E-state index in [4.69, 9.17) is 10.5 Å². The summed E-state index contributed by atoms with van der Waals surface area (Å²) in [6, 6.07) is 22.2. The molecule has 0 bridgehead atoms. The molecule has 0 fully saturated rings. The first-order valence-electron chi connectivity index (χ1n) is 12.3. The second-order valence-electron chi connectivity index (χ2n) is 9.88. The fourth-order valence-corrected chi connectivity index (χ4v) is 3.96. The summed E-state index contributed by atoms with van der Waals surface area (Å²) in [4.78, 5) is 14.2. The molecule has 1 aromatic heterocycles. The molecule has 0 aliphatic carbocycles. The monoisotopic (exact) mass is 626 g/mol. The van der Waals surface area contributed by atoms with Gasteiger partial charge in [0.15, 0.2) is 0 Å². The molecule has 1 atom stereocenters. The van der Waals surface area contributed by atoms with Crippen LogP contribution in [-0.4, -0.2) is 45.9 Å². The summed E-state index contributed by atoms with van der Waals surface area (Å²) in [5.41, 5.74) is 9.39. The van der Waals surface area contributed by atoms with Crippen LogP contribution >= 0.6 is 0 Å². The van der Waals surface area contributed by atoms with E-state index in [0.29, 0.717) is 36.2 Å². The summed E-state index contributed by atoms with van der Waals surface area (Å²) >= 11 is 0. The molecular formula is C29H36N4O5Pd. The van der Waals surface area contributed by atoms with Gasteiger partial charge >= 0.3 is 0 Å². The number of hydrogen-bond donors (Lipinski definition) is 6. The van der Waals surface area contributed by atoms with Gasteiger partial charge in [0.05, 0.1) is 11.6 Å². The Labute approximate surface area is 241 Å². The molecule has 0 unspecified atom stereocenters. The Morgan fingerprint density at radius 2 is 1.62 bits per heavy atom. The van der Waals surface area contributed by atoms with Crippen LogP contribution < -0.4 is 26.7 Å². The van der Waals surface area contributed by atoms with Crippen LogP contribution in [0, 0.1) is 0 Å². The van der Waals surface area contributed by atoms with Crippen molar-refractivity contribution in [2.75, 3.05) is 25.0 Å². The average molecular weight is 627 g/mol. The molecule has 4 rings (SSSR count). The van der Waals surface area contributed by atoms with Gasteiger partial charge in [0, 0.05) is 55.3 Å². The Hall–Kier alpha value is -3.23. The number of rotatable bonds is 11. The van der Waals surface area contributed by atoms with Crippen molar-refractivity contribution in [2.24, 2.45) is 5.73 Å². The van der Waals surface area contributed by atoms with Gasteiger partial charge in [-0.25, -0.2) is 0 Å². The van der Waals surface area contributed by atoms with Crippen molar-refractivity contribution in [1.29, 1.82) is 0 Å². The zero-order valence-corrected chi connectivity index (χ0v) is 23.5. The maximum Gasteiger partial charge on any atom is 0.248 e. The fraction of sp³-hybridized carbons (Fsp3) is 0.276. The van der Waals surface area contributed by atoms with Crippen LogP contribution in [0.3, 0.4) is 0 Å². The molecule has 0 aliphatic rings. The van der Waals surface area contributed by atoms with Gasteiger partial charge in [0.25, 0.3) is 0 Å². The van der Waals surface area contributed by atoms with E-state index in [9.17, 15) is 15.0 Å². The Morgan fingerprint density at radius 1 is 0.974 bits per heavy atom. The van der Waals surface area contributed by atoms with Crippen molar-refractivity contribution in [3.05, 3.63) is 94.3 Å². The Morgan fingerprint density at radius 3 is 2.26 bits per heavy atom. The van der Waals surface area contributed by atoms with Crippen LogP contribution in [0.25, 0.3) is 10.9 Å². The zero-order chi connectivity index (χ0) is 26.4. The third-order valence-corrected chi connectivity index (χ3v) is 5.90. The minimum absolute atomic E-state index is 0. The molecule has 0 saturated carbocycles. The van der Waals surface area contributed by atoms with E-state index in [1.807, 2.05) is 50.2 Å². The second-order valence-corrected chi connectivity index (χ2v) is 9.88. The minimum atomic E-state index is -0.779. The predicted molar refractivity (Wildman–Crippen MR) is 151 cm³/mol. The minimum Gasteiger partial charge on any atom is -0.506 e. The van der Waals surface area contributed by atoms with Crippen molar-refractivity contribution >= 4 is 22.3 Å². The second kappa shape index (κ2) is 14.2. The van der Waals surface area contributed by atoms with Crippen LogP contribution in [0.5, 0.6) is 11.5 Å². The van der Waals surface area contributed by atoms with Crippen molar-refractivity contribution in [1.82, 2.24) is 10.3 Å². The molecular weight excluding hydrogens is 591 g/mol. The summed E-state index contributed by atoms with van der Waals surface area (Å²) in [6.07, 6.45) is 0.0272. The number of ether oxygens (including phenoxy) is 1. The van der Waals surface area contributed by atoms with Gasteiger partial charge in [0.2, 0.25) is 5.56 Å². The predicted octanol–water partition coefficient (Wildman–Crippen LogP) is 3.13. The molecule has 0 amide bonds. The van der Waals surface area contributed by atoms with Gasteiger partial charge in [-0.1, -0.05) is 18.2 Å². The summed E-state index contributed by atoms with van der Waals surface area (Å²) < 4.78 is 5.71. The number of anilines is 2. The van der Waals surface area contributed by atoms with E-state index < -0.39 is 6.10 Å². The summed E-state index contributed by atoms with van der Waals surface area (Å²) in [5, 5.41) is 28.0.